The molecule has 0 spiro atoms. The molecule has 0 aliphatic carbocycles. The van der Waals surface area contributed by atoms with Crippen molar-refractivity contribution in [3.05, 3.63) is 35.4 Å². The summed E-state index contributed by atoms with van der Waals surface area (Å²) in [6, 6.07) is 6.41. The number of carbonyl (C=O) groups excluding carboxylic acids is 3. The summed E-state index contributed by atoms with van der Waals surface area (Å²) in [7, 11) is 0. The van der Waals surface area contributed by atoms with Crippen LogP contribution in [0, 0.1) is 0 Å². The molecule has 13 nitrogen and oxygen atoms in total. The van der Waals surface area contributed by atoms with Crippen LogP contribution in [0.1, 0.15) is 47.9 Å². The van der Waals surface area contributed by atoms with Crippen LogP contribution in [0.2, 0.25) is 0 Å². The van der Waals surface area contributed by atoms with Crippen molar-refractivity contribution >= 4 is 18.2 Å². The summed E-state index contributed by atoms with van der Waals surface area (Å²) in [5.41, 5.74) is 0.540. The van der Waals surface area contributed by atoms with Crippen LogP contribution < -0.4 is 5.32 Å². The zero-order chi connectivity index (χ0) is 32.1. The molecule has 0 fully saturated rings. The number of nitrogens with one attached hydrogen (secondary N) is 1. The third-order valence-electron chi connectivity index (χ3n) is 5.32. The van der Waals surface area contributed by atoms with Crippen LogP contribution in [0.4, 0.5) is 0 Å². The van der Waals surface area contributed by atoms with E-state index in [1.165, 1.54) is 0 Å². The summed E-state index contributed by atoms with van der Waals surface area (Å²) in [5.74, 6) is -0.485. The van der Waals surface area contributed by atoms with Gasteiger partial charge in [0.15, 0.2) is 0 Å². The second-order valence-electron chi connectivity index (χ2n) is 10.2. The number of rotatable bonds is 29. The number of benzene rings is 1. The van der Waals surface area contributed by atoms with E-state index in [2.05, 4.69) is 5.32 Å². The zero-order valence-electron chi connectivity index (χ0n) is 26.5. The van der Waals surface area contributed by atoms with Gasteiger partial charge in [-0.2, -0.15) is 0 Å². The maximum atomic E-state index is 12.0. The Hall–Kier alpha value is -2.49. The van der Waals surface area contributed by atoms with E-state index >= 15 is 0 Å². The Kier molecular flexibility index (Phi) is 24.1. The standard InChI is InChI=1S/C31H51NO12/c1-31(2,3)44-29(34)8-10-36-12-14-38-16-18-40-20-22-42-24-25-43-23-21-41-19-17-39-15-13-37-11-9-32-30(35)28-6-4-27(26-33)5-7-28/h4-7,26H,8-25H2,1-3H3,(H,32,35). The van der Waals surface area contributed by atoms with Crippen LogP contribution in [-0.4, -0.2) is 136 Å². The zero-order valence-corrected chi connectivity index (χ0v) is 26.5. The maximum Gasteiger partial charge on any atom is 0.308 e. The van der Waals surface area contributed by atoms with Gasteiger partial charge in [-0.05, 0) is 32.9 Å². The van der Waals surface area contributed by atoms with E-state index < -0.39 is 5.60 Å². The molecule has 0 radical (unpaired) electrons. The summed E-state index contributed by atoms with van der Waals surface area (Å²) in [5, 5.41) is 2.75. The first kappa shape index (κ1) is 39.5. The minimum Gasteiger partial charge on any atom is -0.460 e. The van der Waals surface area contributed by atoms with Gasteiger partial charge in [-0.3, -0.25) is 14.4 Å². The van der Waals surface area contributed by atoms with Crippen molar-refractivity contribution in [1.82, 2.24) is 5.32 Å². The van der Waals surface area contributed by atoms with E-state index in [4.69, 9.17) is 42.6 Å². The van der Waals surface area contributed by atoms with Gasteiger partial charge in [-0.1, -0.05) is 12.1 Å². The SMILES string of the molecule is CC(C)(C)OC(=O)CCOCCOCCOCCOCCOCCOCCOCCOCCNC(=O)c1ccc(C=O)cc1. The molecular weight excluding hydrogens is 578 g/mol. The predicted molar refractivity (Wildman–Crippen MR) is 161 cm³/mol. The highest BCUT2D eigenvalue weighted by Crippen LogP contribution is 2.08. The van der Waals surface area contributed by atoms with Gasteiger partial charge in [0.05, 0.1) is 112 Å². The Bertz CT molecular complexity index is 860. The number of carbonyl (C=O) groups is 3. The fraction of sp³-hybridized carbons (Fsp3) is 0.710. The lowest BCUT2D eigenvalue weighted by molar-refractivity contribution is -0.156. The van der Waals surface area contributed by atoms with Gasteiger partial charge in [-0.15, -0.1) is 0 Å². The molecule has 1 aromatic carbocycles. The van der Waals surface area contributed by atoms with E-state index in [9.17, 15) is 14.4 Å². The van der Waals surface area contributed by atoms with Crippen molar-refractivity contribution in [2.45, 2.75) is 32.8 Å². The molecule has 1 rings (SSSR count). The molecule has 1 N–H and O–H groups in total. The van der Waals surface area contributed by atoms with E-state index in [1.807, 2.05) is 20.8 Å². The molecule has 0 aliphatic heterocycles. The quantitative estimate of drug-likeness (QED) is 0.0787. The summed E-state index contributed by atoms with van der Waals surface area (Å²) in [4.78, 5) is 34.2. The Morgan fingerprint density at radius 2 is 0.955 bits per heavy atom. The number of amides is 1. The second-order valence-corrected chi connectivity index (χ2v) is 10.2. The number of aldehydes is 1. The van der Waals surface area contributed by atoms with Gasteiger partial charge in [0.1, 0.15) is 11.9 Å². The highest BCUT2D eigenvalue weighted by atomic mass is 16.6. The Labute approximate surface area is 261 Å². The Morgan fingerprint density at radius 1 is 0.591 bits per heavy atom. The lowest BCUT2D eigenvalue weighted by Gasteiger charge is -2.19. The average molecular weight is 630 g/mol. The third-order valence-corrected chi connectivity index (χ3v) is 5.32. The number of hydrogen-bond donors (Lipinski definition) is 1. The van der Waals surface area contributed by atoms with Crippen molar-refractivity contribution in [1.29, 1.82) is 0 Å². The topological polar surface area (TPSA) is 146 Å². The molecule has 0 heterocycles. The molecular formula is C31H51NO12. The normalized spacial score (nSPS) is 11.4. The molecule has 0 saturated carbocycles. The third kappa shape index (κ3) is 24.9. The van der Waals surface area contributed by atoms with Crippen molar-refractivity contribution in [2.24, 2.45) is 0 Å². The smallest absolute Gasteiger partial charge is 0.308 e. The first-order valence-corrected chi connectivity index (χ1v) is 15.0. The lowest BCUT2D eigenvalue weighted by atomic mass is 10.1. The Morgan fingerprint density at radius 3 is 1.32 bits per heavy atom. The van der Waals surface area contributed by atoms with Gasteiger partial charge >= 0.3 is 5.97 Å². The minimum absolute atomic E-state index is 0.214. The summed E-state index contributed by atoms with van der Waals surface area (Å²) in [6.45, 7) is 12.9. The molecule has 0 aromatic heterocycles. The lowest BCUT2D eigenvalue weighted by Crippen LogP contribution is -2.27. The van der Waals surface area contributed by atoms with Gasteiger partial charge in [0.2, 0.25) is 0 Å². The van der Waals surface area contributed by atoms with Crippen molar-refractivity contribution < 1.29 is 57.0 Å². The minimum atomic E-state index is -0.479. The van der Waals surface area contributed by atoms with Crippen LogP contribution in [-0.2, 0) is 47.4 Å². The Balaban J connectivity index is 1.71. The molecule has 252 valence electrons. The van der Waals surface area contributed by atoms with Gasteiger partial charge in [-0.25, -0.2) is 0 Å². The largest absolute Gasteiger partial charge is 0.460 e. The van der Waals surface area contributed by atoms with Crippen LogP contribution >= 0.6 is 0 Å². The number of hydrogen-bond acceptors (Lipinski definition) is 12. The average Bonchev–Trinajstić information content (AvgIpc) is 2.99. The van der Waals surface area contributed by atoms with Crippen molar-refractivity contribution in [2.75, 3.05) is 112 Å². The fourth-order valence-electron chi connectivity index (χ4n) is 3.24. The molecule has 0 bridgehead atoms. The molecule has 13 heteroatoms. The van der Waals surface area contributed by atoms with Crippen molar-refractivity contribution in [3.8, 4) is 0 Å². The molecule has 0 atom stereocenters. The summed E-state index contributed by atoms with van der Waals surface area (Å²) >= 11 is 0. The second kappa shape index (κ2) is 26.9. The molecule has 0 unspecified atom stereocenters. The number of ether oxygens (including phenoxy) is 9. The van der Waals surface area contributed by atoms with E-state index in [-0.39, 0.29) is 18.3 Å². The molecule has 1 amide bonds. The monoisotopic (exact) mass is 629 g/mol. The van der Waals surface area contributed by atoms with E-state index in [1.54, 1.807) is 24.3 Å². The highest BCUT2D eigenvalue weighted by Gasteiger charge is 2.15. The van der Waals surface area contributed by atoms with E-state index in [0.717, 1.165) is 6.29 Å². The molecule has 1 aromatic rings. The van der Waals surface area contributed by atoms with Crippen LogP contribution in [0.5, 0.6) is 0 Å². The first-order valence-electron chi connectivity index (χ1n) is 15.0. The van der Waals surface area contributed by atoms with Gasteiger partial charge < -0.3 is 47.9 Å². The van der Waals surface area contributed by atoms with E-state index in [0.29, 0.717) is 123 Å². The molecule has 0 aliphatic rings. The highest BCUT2D eigenvalue weighted by molar-refractivity contribution is 5.94. The summed E-state index contributed by atoms with van der Waals surface area (Å²) < 4.78 is 48.6. The van der Waals surface area contributed by atoms with Gasteiger partial charge in [0, 0.05) is 17.7 Å². The van der Waals surface area contributed by atoms with Crippen LogP contribution in [0.25, 0.3) is 0 Å². The summed E-state index contributed by atoms with van der Waals surface area (Å²) in [6.07, 6.45) is 0.959. The maximum absolute atomic E-state index is 12.0. The van der Waals surface area contributed by atoms with Crippen molar-refractivity contribution in [3.63, 3.8) is 0 Å². The van der Waals surface area contributed by atoms with Gasteiger partial charge in [0.25, 0.3) is 5.91 Å². The van der Waals surface area contributed by atoms with Crippen LogP contribution in [0.3, 0.4) is 0 Å². The predicted octanol–water partition coefficient (Wildman–Crippen LogP) is 2.09. The first-order chi connectivity index (χ1) is 21.3. The number of esters is 1. The molecule has 44 heavy (non-hydrogen) atoms. The fourth-order valence-corrected chi connectivity index (χ4v) is 3.24. The van der Waals surface area contributed by atoms with Crippen LogP contribution in [0.15, 0.2) is 24.3 Å². The molecule has 0 saturated heterocycles.